The zero-order chi connectivity index (χ0) is 16.1. The maximum absolute atomic E-state index is 11.2. The summed E-state index contributed by atoms with van der Waals surface area (Å²) in [6.07, 6.45) is 4.37. The van der Waals surface area contributed by atoms with E-state index in [0.29, 0.717) is 0 Å². The summed E-state index contributed by atoms with van der Waals surface area (Å²) in [5.74, 6) is -1.33. The molecule has 0 unspecified atom stereocenters. The summed E-state index contributed by atoms with van der Waals surface area (Å²) < 4.78 is 14.3. The Morgan fingerprint density at radius 2 is 1.45 bits per heavy atom. The smallest absolute Gasteiger partial charge is 0.335 e. The molecule has 22 heavy (non-hydrogen) atoms. The fourth-order valence-electron chi connectivity index (χ4n) is 1.91. The lowest BCUT2D eigenvalue weighted by atomic mass is 10.0. The quantitative estimate of drug-likeness (QED) is 0.846. The van der Waals surface area contributed by atoms with E-state index in [4.69, 9.17) is 35.1 Å². The number of carboxylic acids is 1. The average molecular weight is 295 g/mol. The molecule has 0 saturated heterocycles. The van der Waals surface area contributed by atoms with Crippen molar-refractivity contribution in [1.29, 1.82) is 15.8 Å². The Morgan fingerprint density at radius 3 is 2.05 bits per heavy atom. The Bertz CT molecular complexity index is 886. The molecular formula is C14H5N3O5. The predicted molar refractivity (Wildman–Crippen MR) is 69.6 cm³/mol. The van der Waals surface area contributed by atoms with Gasteiger partial charge in [0, 0.05) is 5.39 Å². The van der Waals surface area contributed by atoms with Crippen molar-refractivity contribution in [1.82, 2.24) is 0 Å². The molecule has 0 aliphatic rings. The molecule has 0 aliphatic heterocycles. The molecule has 0 aromatic heterocycles. The second-order valence-electron chi connectivity index (χ2n) is 3.84. The first-order valence-corrected chi connectivity index (χ1v) is 5.64. The Kier molecular flexibility index (Phi) is 3.94. The van der Waals surface area contributed by atoms with Crippen LogP contribution in [0.3, 0.4) is 0 Å². The Hall–Kier alpha value is -3.96. The third-order valence-corrected chi connectivity index (χ3v) is 2.71. The molecule has 0 bridgehead atoms. The summed E-state index contributed by atoms with van der Waals surface area (Å²) in [6.45, 7) is 0. The number of hydrogen-bond donors (Lipinski definition) is 1. The minimum atomic E-state index is -1.26. The van der Waals surface area contributed by atoms with Gasteiger partial charge in [-0.25, -0.2) is 4.79 Å². The lowest BCUT2D eigenvalue weighted by Crippen LogP contribution is -1.99. The number of aromatic carboxylic acids is 1. The van der Waals surface area contributed by atoms with Crippen LogP contribution in [0.5, 0.6) is 17.2 Å². The van der Waals surface area contributed by atoms with Gasteiger partial charge < -0.3 is 19.3 Å². The third kappa shape index (κ3) is 2.51. The number of rotatable bonds is 4. The first kappa shape index (κ1) is 14.4. The minimum absolute atomic E-state index is 0.0324. The number of benzene rings is 2. The first-order valence-electron chi connectivity index (χ1n) is 5.64. The molecule has 8 nitrogen and oxygen atoms in total. The fourth-order valence-corrected chi connectivity index (χ4v) is 1.91. The normalized spacial score (nSPS) is 9.14. The van der Waals surface area contributed by atoms with Crippen LogP contribution in [-0.2, 0) is 0 Å². The summed E-state index contributed by atoms with van der Waals surface area (Å²) >= 11 is 0. The van der Waals surface area contributed by atoms with Crippen LogP contribution in [-0.4, -0.2) is 11.1 Å². The number of fused-ring (bicyclic) bond motifs is 1. The molecule has 2 rings (SSSR count). The van der Waals surface area contributed by atoms with Crippen LogP contribution in [0.1, 0.15) is 10.4 Å². The highest BCUT2D eigenvalue weighted by molar-refractivity contribution is 6.03. The van der Waals surface area contributed by atoms with Crippen LogP contribution in [0.4, 0.5) is 0 Å². The van der Waals surface area contributed by atoms with Crippen molar-refractivity contribution in [2.24, 2.45) is 0 Å². The lowest BCUT2D eigenvalue weighted by molar-refractivity contribution is 0.0696. The van der Waals surface area contributed by atoms with Crippen molar-refractivity contribution in [2.75, 3.05) is 0 Å². The molecule has 0 amide bonds. The lowest BCUT2D eigenvalue weighted by Gasteiger charge is -2.10. The summed E-state index contributed by atoms with van der Waals surface area (Å²) in [4.78, 5) is 11.2. The van der Waals surface area contributed by atoms with Crippen LogP contribution in [0, 0.1) is 34.6 Å². The van der Waals surface area contributed by atoms with Crippen molar-refractivity contribution in [2.45, 2.75) is 0 Å². The van der Waals surface area contributed by atoms with E-state index in [-0.39, 0.29) is 33.6 Å². The largest absolute Gasteiger partial charge is 0.478 e. The summed E-state index contributed by atoms with van der Waals surface area (Å²) in [7, 11) is 0. The third-order valence-electron chi connectivity index (χ3n) is 2.71. The molecule has 8 heteroatoms. The van der Waals surface area contributed by atoms with Gasteiger partial charge in [-0.2, -0.15) is 0 Å². The molecule has 1 N–H and O–H groups in total. The van der Waals surface area contributed by atoms with E-state index in [1.54, 1.807) is 0 Å². The van der Waals surface area contributed by atoms with E-state index >= 15 is 0 Å². The van der Waals surface area contributed by atoms with Gasteiger partial charge in [0.2, 0.25) is 0 Å². The molecular weight excluding hydrogens is 290 g/mol. The summed E-state index contributed by atoms with van der Waals surface area (Å²) in [6, 6.07) is 5.00. The molecule has 0 radical (unpaired) electrons. The van der Waals surface area contributed by atoms with Gasteiger partial charge >= 0.3 is 5.97 Å². The molecule has 0 atom stereocenters. The Morgan fingerprint density at radius 1 is 0.909 bits per heavy atom. The van der Waals surface area contributed by atoms with Crippen LogP contribution in [0.15, 0.2) is 24.3 Å². The van der Waals surface area contributed by atoms with Crippen LogP contribution < -0.4 is 14.2 Å². The molecule has 2 aromatic carbocycles. The molecule has 0 aliphatic carbocycles. The topological polar surface area (TPSA) is 136 Å². The summed E-state index contributed by atoms with van der Waals surface area (Å²) in [5.41, 5.74) is -0.186. The summed E-state index contributed by atoms with van der Waals surface area (Å²) in [5, 5.41) is 35.4. The van der Waals surface area contributed by atoms with Crippen LogP contribution >= 0.6 is 0 Å². The van der Waals surface area contributed by atoms with E-state index < -0.39 is 5.97 Å². The highest BCUT2D eigenvalue weighted by Crippen LogP contribution is 2.40. The minimum Gasteiger partial charge on any atom is -0.478 e. The number of ether oxygens (including phenoxy) is 3. The van der Waals surface area contributed by atoms with E-state index in [1.165, 1.54) is 37.0 Å². The van der Waals surface area contributed by atoms with E-state index in [0.717, 1.165) is 6.07 Å². The van der Waals surface area contributed by atoms with Crippen molar-refractivity contribution in [3.63, 3.8) is 0 Å². The SMILES string of the molecule is N#COc1ccc(OC#N)c2c(OC#N)cc(C(=O)O)cc12. The zero-order valence-corrected chi connectivity index (χ0v) is 10.7. The van der Waals surface area contributed by atoms with Gasteiger partial charge in [-0.15, -0.1) is 15.8 Å². The molecule has 0 fully saturated rings. The van der Waals surface area contributed by atoms with Crippen LogP contribution in [0.25, 0.3) is 10.8 Å². The first-order chi connectivity index (χ1) is 10.6. The van der Waals surface area contributed by atoms with Gasteiger partial charge in [-0.3, -0.25) is 0 Å². The van der Waals surface area contributed by atoms with Gasteiger partial charge in [0.25, 0.3) is 18.8 Å². The number of nitriles is 3. The van der Waals surface area contributed by atoms with Crippen molar-refractivity contribution in [3.05, 3.63) is 29.8 Å². The van der Waals surface area contributed by atoms with Crippen molar-refractivity contribution < 1.29 is 24.1 Å². The van der Waals surface area contributed by atoms with E-state index in [2.05, 4.69) is 0 Å². The van der Waals surface area contributed by atoms with Crippen LogP contribution in [0.2, 0.25) is 0 Å². The molecule has 0 heterocycles. The molecule has 0 spiro atoms. The monoisotopic (exact) mass is 295 g/mol. The maximum Gasteiger partial charge on any atom is 0.335 e. The fraction of sp³-hybridized carbons (Fsp3) is 0. The van der Waals surface area contributed by atoms with Gasteiger partial charge in [0.05, 0.1) is 10.9 Å². The van der Waals surface area contributed by atoms with Gasteiger partial charge in [0.1, 0.15) is 0 Å². The van der Waals surface area contributed by atoms with E-state index in [1.807, 2.05) is 0 Å². The average Bonchev–Trinajstić information content (AvgIpc) is 2.50. The number of hydrogen-bond acceptors (Lipinski definition) is 7. The number of carboxylic acid groups (broad SMARTS) is 1. The second-order valence-corrected chi connectivity index (χ2v) is 3.84. The van der Waals surface area contributed by atoms with Crippen molar-refractivity contribution >= 4 is 16.7 Å². The zero-order valence-electron chi connectivity index (χ0n) is 10.7. The molecule has 2 aromatic rings. The highest BCUT2D eigenvalue weighted by atomic mass is 16.5. The molecule has 0 saturated carbocycles. The van der Waals surface area contributed by atoms with Crippen molar-refractivity contribution in [3.8, 4) is 36.0 Å². The highest BCUT2D eigenvalue weighted by Gasteiger charge is 2.18. The predicted octanol–water partition coefficient (Wildman–Crippen LogP) is 2.12. The standard InChI is InChI=1S/C14H5N3O5/c15-5-20-10-1-2-11(21-6-16)13-9(10)3-8(14(18)19)4-12(13)22-7-17/h1-4H,(H,18,19). The van der Waals surface area contributed by atoms with Gasteiger partial charge in [0.15, 0.2) is 17.2 Å². The maximum atomic E-state index is 11.2. The number of carbonyl (C=O) groups is 1. The Labute approximate surface area is 123 Å². The number of nitrogens with zero attached hydrogens (tertiary/aromatic N) is 3. The van der Waals surface area contributed by atoms with E-state index in [9.17, 15) is 4.79 Å². The van der Waals surface area contributed by atoms with Gasteiger partial charge in [-0.1, -0.05) is 0 Å². The second kappa shape index (κ2) is 6.00. The molecule has 106 valence electrons. The van der Waals surface area contributed by atoms with Gasteiger partial charge in [-0.05, 0) is 24.3 Å². The Balaban J connectivity index is 2.91.